The van der Waals surface area contributed by atoms with Gasteiger partial charge in [0.2, 0.25) is 0 Å². The van der Waals surface area contributed by atoms with Crippen LogP contribution >= 0.6 is 0 Å². The van der Waals surface area contributed by atoms with Gasteiger partial charge in [-0.15, -0.1) is 0 Å². The number of hydrogen-bond donors (Lipinski definition) is 2. The summed E-state index contributed by atoms with van der Waals surface area (Å²) in [7, 11) is 0. The molecule has 4 nitrogen and oxygen atoms in total. The number of alkyl halides is 3. The average Bonchev–Trinajstić information content (AvgIpc) is 2.01. The molecule has 7 heteroatoms. The summed E-state index contributed by atoms with van der Waals surface area (Å²) in [4.78, 5) is 13.6. The molecular formula is C7H5F3N2O2. The summed E-state index contributed by atoms with van der Waals surface area (Å²) < 4.78 is 36.9. The monoisotopic (exact) mass is 206 g/mol. The summed E-state index contributed by atoms with van der Waals surface area (Å²) in [5, 5.41) is 8.47. The number of aromatic carboxylic acids is 1. The highest BCUT2D eigenvalue weighted by molar-refractivity contribution is 5.90. The number of rotatable bonds is 1. The molecule has 0 saturated carbocycles. The number of pyridine rings is 1. The van der Waals surface area contributed by atoms with Gasteiger partial charge in [0.1, 0.15) is 11.4 Å². The zero-order valence-electron chi connectivity index (χ0n) is 6.67. The van der Waals surface area contributed by atoms with Gasteiger partial charge in [0.05, 0.1) is 5.56 Å². The first-order valence-corrected chi connectivity index (χ1v) is 3.39. The van der Waals surface area contributed by atoms with E-state index in [4.69, 9.17) is 10.8 Å². The van der Waals surface area contributed by atoms with Gasteiger partial charge in [0, 0.05) is 6.20 Å². The fourth-order valence-corrected chi connectivity index (χ4v) is 0.954. The lowest BCUT2D eigenvalue weighted by atomic mass is 10.1. The molecular weight excluding hydrogens is 201 g/mol. The van der Waals surface area contributed by atoms with Gasteiger partial charge < -0.3 is 10.8 Å². The van der Waals surface area contributed by atoms with E-state index in [0.29, 0.717) is 0 Å². The van der Waals surface area contributed by atoms with E-state index in [2.05, 4.69) is 4.98 Å². The average molecular weight is 206 g/mol. The topological polar surface area (TPSA) is 76.2 Å². The van der Waals surface area contributed by atoms with E-state index in [0.717, 1.165) is 12.3 Å². The van der Waals surface area contributed by atoms with Crippen molar-refractivity contribution >= 4 is 11.8 Å². The van der Waals surface area contributed by atoms with Crippen molar-refractivity contribution < 1.29 is 23.1 Å². The number of halogens is 3. The minimum absolute atomic E-state index is 0.752. The van der Waals surface area contributed by atoms with E-state index in [-0.39, 0.29) is 0 Å². The second kappa shape index (κ2) is 3.17. The lowest BCUT2D eigenvalue weighted by Gasteiger charge is -2.11. The zero-order valence-corrected chi connectivity index (χ0v) is 6.67. The Balaban J connectivity index is 3.45. The zero-order chi connectivity index (χ0) is 10.9. The Morgan fingerprint density at radius 2 is 2.07 bits per heavy atom. The molecule has 0 aliphatic heterocycles. The van der Waals surface area contributed by atoms with Crippen molar-refractivity contribution in [3.8, 4) is 0 Å². The van der Waals surface area contributed by atoms with Crippen molar-refractivity contribution in [2.45, 2.75) is 6.18 Å². The van der Waals surface area contributed by atoms with Gasteiger partial charge in [0.15, 0.2) is 0 Å². The second-order valence-corrected chi connectivity index (χ2v) is 2.42. The predicted molar refractivity (Wildman–Crippen MR) is 40.6 cm³/mol. The number of nitrogens with two attached hydrogens (primary N) is 1. The Labute approximate surface area is 76.2 Å². The van der Waals surface area contributed by atoms with Gasteiger partial charge in [-0.2, -0.15) is 13.2 Å². The molecule has 0 fully saturated rings. The minimum atomic E-state index is -4.81. The number of hydrogen-bond acceptors (Lipinski definition) is 3. The van der Waals surface area contributed by atoms with Gasteiger partial charge in [-0.1, -0.05) is 0 Å². The maximum atomic E-state index is 12.3. The fraction of sp³-hybridized carbons (Fsp3) is 0.143. The maximum absolute atomic E-state index is 12.3. The van der Waals surface area contributed by atoms with E-state index >= 15 is 0 Å². The first kappa shape index (κ1) is 10.3. The normalized spacial score (nSPS) is 11.4. The van der Waals surface area contributed by atoms with Crippen LogP contribution in [0.5, 0.6) is 0 Å². The van der Waals surface area contributed by atoms with E-state index in [1.165, 1.54) is 0 Å². The van der Waals surface area contributed by atoms with Crippen LogP contribution in [0, 0.1) is 0 Å². The molecule has 0 radical (unpaired) electrons. The molecule has 0 aliphatic carbocycles. The van der Waals surface area contributed by atoms with E-state index < -0.39 is 29.1 Å². The van der Waals surface area contributed by atoms with Gasteiger partial charge in [-0.3, -0.25) is 0 Å². The quantitative estimate of drug-likeness (QED) is 0.727. The first-order valence-electron chi connectivity index (χ1n) is 3.39. The molecule has 0 atom stereocenters. The van der Waals surface area contributed by atoms with Crippen molar-refractivity contribution in [3.63, 3.8) is 0 Å². The van der Waals surface area contributed by atoms with Crippen LogP contribution in [-0.2, 0) is 6.18 Å². The molecule has 1 aromatic rings. The number of aromatic nitrogens is 1. The Kier molecular flexibility index (Phi) is 2.33. The summed E-state index contributed by atoms with van der Waals surface area (Å²) in [6.07, 6.45) is -3.90. The van der Waals surface area contributed by atoms with Crippen LogP contribution in [0.2, 0.25) is 0 Å². The lowest BCUT2D eigenvalue weighted by molar-refractivity contribution is -0.137. The number of anilines is 1. The van der Waals surface area contributed by atoms with Gasteiger partial charge >= 0.3 is 12.1 Å². The molecule has 76 valence electrons. The third kappa shape index (κ3) is 1.76. The van der Waals surface area contributed by atoms with Crippen LogP contribution < -0.4 is 5.73 Å². The molecule has 3 N–H and O–H groups in total. The first-order chi connectivity index (χ1) is 6.34. The fourth-order valence-electron chi connectivity index (χ4n) is 0.954. The van der Waals surface area contributed by atoms with Crippen molar-refractivity contribution in [3.05, 3.63) is 23.4 Å². The summed E-state index contributed by atoms with van der Waals surface area (Å²) >= 11 is 0. The summed E-state index contributed by atoms with van der Waals surface area (Å²) in [5.74, 6) is -2.52. The molecule has 0 spiro atoms. The third-order valence-electron chi connectivity index (χ3n) is 1.49. The van der Waals surface area contributed by atoms with Crippen LogP contribution in [0.3, 0.4) is 0 Å². The van der Waals surface area contributed by atoms with Crippen LogP contribution in [0.15, 0.2) is 12.3 Å². The summed E-state index contributed by atoms with van der Waals surface area (Å²) in [5.41, 5.74) is 2.64. The van der Waals surface area contributed by atoms with Gasteiger partial charge in [-0.25, -0.2) is 9.78 Å². The lowest BCUT2D eigenvalue weighted by Crippen LogP contribution is -2.16. The van der Waals surface area contributed by atoms with Crippen LogP contribution in [-0.4, -0.2) is 16.1 Å². The van der Waals surface area contributed by atoms with Crippen molar-refractivity contribution in [1.82, 2.24) is 4.98 Å². The van der Waals surface area contributed by atoms with Crippen molar-refractivity contribution in [2.24, 2.45) is 0 Å². The number of nitrogen functional groups attached to an aromatic ring is 1. The molecule has 0 saturated heterocycles. The molecule has 0 bridgehead atoms. The molecule has 14 heavy (non-hydrogen) atoms. The van der Waals surface area contributed by atoms with Gasteiger partial charge in [0.25, 0.3) is 0 Å². The predicted octanol–water partition coefficient (Wildman–Crippen LogP) is 1.38. The molecule has 0 amide bonds. The summed E-state index contributed by atoms with van der Waals surface area (Å²) in [6.45, 7) is 0. The third-order valence-corrected chi connectivity index (χ3v) is 1.49. The van der Waals surface area contributed by atoms with Crippen molar-refractivity contribution in [1.29, 1.82) is 0 Å². The Hall–Kier alpha value is -1.79. The standard InChI is InChI=1S/C7H5F3N2O2/c8-7(9,10)4-3(6(13)14)1-2-12-5(4)11/h1-2H,(H2,11,12)(H,13,14). The highest BCUT2D eigenvalue weighted by Crippen LogP contribution is 2.34. The molecule has 1 heterocycles. The van der Waals surface area contributed by atoms with Crippen molar-refractivity contribution in [2.75, 3.05) is 5.73 Å². The Bertz CT molecular complexity index is 376. The minimum Gasteiger partial charge on any atom is -0.478 e. The number of carbonyl (C=O) groups is 1. The summed E-state index contributed by atoms with van der Waals surface area (Å²) in [6, 6.07) is 0.752. The highest BCUT2D eigenvalue weighted by Gasteiger charge is 2.38. The molecule has 0 aliphatic rings. The van der Waals surface area contributed by atoms with Crippen LogP contribution in [0.4, 0.5) is 19.0 Å². The number of carboxylic acids is 1. The van der Waals surface area contributed by atoms with Crippen LogP contribution in [0.1, 0.15) is 15.9 Å². The second-order valence-electron chi connectivity index (χ2n) is 2.42. The largest absolute Gasteiger partial charge is 0.478 e. The smallest absolute Gasteiger partial charge is 0.420 e. The molecule has 1 rings (SSSR count). The SMILES string of the molecule is Nc1nccc(C(=O)O)c1C(F)(F)F. The highest BCUT2D eigenvalue weighted by atomic mass is 19.4. The van der Waals surface area contributed by atoms with E-state index in [1.54, 1.807) is 0 Å². The number of nitrogens with zero attached hydrogens (tertiary/aromatic N) is 1. The van der Waals surface area contributed by atoms with Gasteiger partial charge in [-0.05, 0) is 6.07 Å². The molecule has 0 unspecified atom stereocenters. The molecule has 0 aromatic carbocycles. The maximum Gasteiger partial charge on any atom is 0.420 e. The molecule has 1 aromatic heterocycles. The van der Waals surface area contributed by atoms with Crippen LogP contribution in [0.25, 0.3) is 0 Å². The van der Waals surface area contributed by atoms with E-state index in [1.807, 2.05) is 0 Å². The number of carboxylic acid groups (broad SMARTS) is 1. The Morgan fingerprint density at radius 1 is 1.50 bits per heavy atom. The Morgan fingerprint density at radius 3 is 2.43 bits per heavy atom. The van der Waals surface area contributed by atoms with E-state index in [9.17, 15) is 18.0 Å².